The number of nitrogens with zero attached hydrogens (tertiary/aromatic N) is 3. The van der Waals surface area contributed by atoms with Crippen LogP contribution in [0, 0.1) is 0 Å². The summed E-state index contributed by atoms with van der Waals surface area (Å²) in [6.45, 7) is 9.30. The third-order valence-corrected chi connectivity index (χ3v) is 9.05. The smallest absolute Gasteiger partial charge is 0.145 e. The number of imidazole rings is 1. The van der Waals surface area contributed by atoms with E-state index in [2.05, 4.69) is 80.1 Å². The van der Waals surface area contributed by atoms with Crippen molar-refractivity contribution in [2.24, 2.45) is 0 Å². The van der Waals surface area contributed by atoms with Crippen molar-refractivity contribution in [1.29, 1.82) is 0 Å². The summed E-state index contributed by atoms with van der Waals surface area (Å²) in [7, 11) is 0. The Labute approximate surface area is 229 Å². The molecule has 3 aromatic carbocycles. The van der Waals surface area contributed by atoms with Crippen LogP contribution in [0.15, 0.2) is 54.9 Å². The Balaban J connectivity index is 1.31. The highest BCUT2D eigenvalue weighted by atomic mass is 32.1. The summed E-state index contributed by atoms with van der Waals surface area (Å²) in [5.74, 6) is 2.70. The second-order valence-corrected chi connectivity index (χ2v) is 12.1. The number of hydrogen-bond donors (Lipinski definition) is 2. The fourth-order valence-electron chi connectivity index (χ4n) is 5.75. The molecule has 192 valence electrons. The third-order valence-electron chi connectivity index (χ3n) is 7.85. The maximum Gasteiger partial charge on any atom is 0.145 e. The summed E-state index contributed by atoms with van der Waals surface area (Å²) < 4.78 is 7.54. The zero-order valence-electron chi connectivity index (χ0n) is 22.2. The van der Waals surface area contributed by atoms with E-state index in [0.717, 1.165) is 55.7 Å². The fraction of sp³-hybridized carbons (Fsp3) is 0.219. The van der Waals surface area contributed by atoms with E-state index in [-0.39, 0.29) is 0 Å². The van der Waals surface area contributed by atoms with Crippen molar-refractivity contribution in [2.45, 2.75) is 46.1 Å². The lowest BCUT2D eigenvalue weighted by molar-refractivity contribution is 0.302. The van der Waals surface area contributed by atoms with Gasteiger partial charge in [-0.15, -0.1) is 11.3 Å². The Morgan fingerprint density at radius 3 is 2.49 bits per heavy atom. The summed E-state index contributed by atoms with van der Waals surface area (Å²) >= 11 is 1.79. The van der Waals surface area contributed by atoms with Crippen LogP contribution < -0.4 is 4.74 Å². The first-order valence-corrected chi connectivity index (χ1v) is 14.3. The van der Waals surface area contributed by atoms with Crippen molar-refractivity contribution in [3.05, 3.63) is 72.1 Å². The maximum atomic E-state index is 6.35. The Morgan fingerprint density at radius 2 is 1.67 bits per heavy atom. The van der Waals surface area contributed by atoms with Gasteiger partial charge in [0.1, 0.15) is 23.7 Å². The zero-order valence-corrected chi connectivity index (χ0v) is 23.0. The van der Waals surface area contributed by atoms with Gasteiger partial charge in [-0.05, 0) is 41.1 Å². The van der Waals surface area contributed by atoms with Gasteiger partial charge in [-0.3, -0.25) is 9.97 Å². The molecule has 0 atom stereocenters. The highest BCUT2D eigenvalue weighted by Gasteiger charge is 2.24. The van der Waals surface area contributed by atoms with E-state index in [4.69, 9.17) is 19.7 Å². The lowest BCUT2D eigenvalue weighted by Gasteiger charge is -2.18. The lowest BCUT2D eigenvalue weighted by Crippen LogP contribution is -2.04. The quantitative estimate of drug-likeness (QED) is 0.224. The molecule has 8 rings (SSSR count). The highest BCUT2D eigenvalue weighted by molar-refractivity contribution is 7.22. The molecule has 39 heavy (non-hydrogen) atoms. The predicted octanol–water partition coefficient (Wildman–Crippen LogP) is 8.68. The van der Waals surface area contributed by atoms with Crippen molar-refractivity contribution >= 4 is 54.3 Å². The van der Waals surface area contributed by atoms with Crippen LogP contribution in [-0.4, -0.2) is 24.9 Å². The zero-order chi connectivity index (χ0) is 26.4. The minimum absolute atomic E-state index is 0.296. The molecule has 0 bridgehead atoms. The molecule has 4 aromatic heterocycles. The van der Waals surface area contributed by atoms with Crippen LogP contribution in [0.3, 0.4) is 0 Å². The van der Waals surface area contributed by atoms with Gasteiger partial charge in [0.2, 0.25) is 0 Å². The summed E-state index contributed by atoms with van der Waals surface area (Å²) in [5, 5.41) is 3.36. The molecule has 6 nitrogen and oxygen atoms in total. The Morgan fingerprint density at radius 1 is 0.821 bits per heavy atom. The summed E-state index contributed by atoms with van der Waals surface area (Å²) in [6.07, 6.45) is 3.52. The Bertz CT molecular complexity index is 2100. The van der Waals surface area contributed by atoms with Crippen LogP contribution in [0.2, 0.25) is 0 Å². The van der Waals surface area contributed by atoms with Gasteiger partial charge in [0, 0.05) is 50.8 Å². The first kappa shape index (κ1) is 22.7. The van der Waals surface area contributed by atoms with Crippen LogP contribution in [0.5, 0.6) is 5.75 Å². The predicted molar refractivity (Wildman–Crippen MR) is 160 cm³/mol. The summed E-state index contributed by atoms with van der Waals surface area (Å²) in [4.78, 5) is 22.7. The summed E-state index contributed by atoms with van der Waals surface area (Å²) in [5.41, 5.74) is 9.66. The number of aromatic nitrogens is 5. The van der Waals surface area contributed by atoms with Gasteiger partial charge < -0.3 is 14.7 Å². The molecule has 0 fully saturated rings. The number of fused-ring (bicyclic) bond motifs is 11. The molecule has 0 saturated heterocycles. The number of nitrogens with one attached hydrogen (secondary N) is 2. The molecule has 0 saturated carbocycles. The second-order valence-electron chi connectivity index (χ2n) is 11.0. The van der Waals surface area contributed by atoms with Crippen LogP contribution in [-0.2, 0) is 6.61 Å². The molecule has 0 amide bonds. The number of rotatable bonds is 3. The van der Waals surface area contributed by atoms with E-state index in [0.29, 0.717) is 18.4 Å². The number of benzene rings is 3. The number of aromatic amines is 2. The normalized spacial score (nSPS) is 13.2. The van der Waals surface area contributed by atoms with E-state index < -0.39 is 0 Å². The minimum atomic E-state index is 0.296. The van der Waals surface area contributed by atoms with Gasteiger partial charge in [-0.25, -0.2) is 4.98 Å². The standard InChI is InChI=1S/C32H27N5OS/c1-15(2)23-13-21-20-8-6-18-12-25(39-31(18)30(20)38-14-24(21)35-23)17-5-7-19-22(11-17)26-28(34-10-9-33-26)29-27(19)36-32(37-29)16(3)4/h5-13,15-16,35H,14H2,1-4H3,(H,36,37). The summed E-state index contributed by atoms with van der Waals surface area (Å²) in [6, 6.07) is 15.6. The van der Waals surface area contributed by atoms with Crippen LogP contribution in [0.1, 0.15) is 56.7 Å². The van der Waals surface area contributed by atoms with Gasteiger partial charge in [-0.1, -0.05) is 45.9 Å². The number of ether oxygens (including phenoxy) is 1. The topological polar surface area (TPSA) is 79.5 Å². The highest BCUT2D eigenvalue weighted by Crippen LogP contribution is 2.48. The van der Waals surface area contributed by atoms with Gasteiger partial charge in [0.05, 0.1) is 26.9 Å². The molecular weight excluding hydrogens is 502 g/mol. The first-order chi connectivity index (χ1) is 19.0. The van der Waals surface area contributed by atoms with E-state index in [1.165, 1.54) is 31.8 Å². The second kappa shape index (κ2) is 8.13. The van der Waals surface area contributed by atoms with E-state index >= 15 is 0 Å². The number of thiophene rings is 1. The molecule has 5 heterocycles. The SMILES string of the molecule is CC(C)c1cc2c([nH]1)COc1c-2ccc2cc(-c3ccc4c(c3)c3nccnc3c3[nH]c(C(C)C)nc43)sc12. The Hall–Kier alpha value is -4.23. The number of hydrogen-bond acceptors (Lipinski definition) is 5. The molecule has 0 spiro atoms. The first-order valence-electron chi connectivity index (χ1n) is 13.4. The lowest BCUT2D eigenvalue weighted by atomic mass is 10.00. The minimum Gasteiger partial charge on any atom is -0.485 e. The van der Waals surface area contributed by atoms with Gasteiger partial charge in [0.25, 0.3) is 0 Å². The molecular formula is C32H27N5OS. The molecule has 1 aliphatic rings. The van der Waals surface area contributed by atoms with Gasteiger partial charge in [-0.2, -0.15) is 0 Å². The molecule has 0 unspecified atom stereocenters. The average molecular weight is 530 g/mol. The average Bonchev–Trinajstić information content (AvgIpc) is 3.69. The van der Waals surface area contributed by atoms with E-state index in [9.17, 15) is 0 Å². The molecule has 7 aromatic rings. The van der Waals surface area contributed by atoms with E-state index in [1.54, 1.807) is 23.7 Å². The molecule has 0 radical (unpaired) electrons. The monoisotopic (exact) mass is 529 g/mol. The fourth-order valence-corrected chi connectivity index (χ4v) is 6.91. The van der Waals surface area contributed by atoms with Crippen LogP contribution in [0.4, 0.5) is 0 Å². The number of H-pyrrole nitrogens is 2. The van der Waals surface area contributed by atoms with Crippen molar-refractivity contribution in [2.75, 3.05) is 0 Å². The van der Waals surface area contributed by atoms with Crippen molar-refractivity contribution in [1.82, 2.24) is 24.9 Å². The molecule has 0 aliphatic carbocycles. The molecule has 7 heteroatoms. The van der Waals surface area contributed by atoms with Crippen molar-refractivity contribution < 1.29 is 4.74 Å². The van der Waals surface area contributed by atoms with Crippen LogP contribution in [0.25, 0.3) is 64.5 Å². The third kappa shape index (κ3) is 3.29. The van der Waals surface area contributed by atoms with Gasteiger partial charge >= 0.3 is 0 Å². The van der Waals surface area contributed by atoms with Gasteiger partial charge in [0.15, 0.2) is 0 Å². The van der Waals surface area contributed by atoms with E-state index in [1.807, 2.05) is 0 Å². The molecule has 1 aliphatic heterocycles. The van der Waals surface area contributed by atoms with Crippen molar-refractivity contribution in [3.63, 3.8) is 0 Å². The van der Waals surface area contributed by atoms with Crippen LogP contribution >= 0.6 is 11.3 Å². The Kier molecular flexibility index (Phi) is 4.74. The largest absolute Gasteiger partial charge is 0.485 e. The van der Waals surface area contributed by atoms with Crippen molar-refractivity contribution in [3.8, 4) is 27.3 Å². The molecule has 2 N–H and O–H groups in total. The maximum absolute atomic E-state index is 6.35.